The Morgan fingerprint density at radius 1 is 1.00 bits per heavy atom. The van der Waals surface area contributed by atoms with Crippen LogP contribution in [0.4, 0.5) is 0 Å². The molecule has 1 aromatic carbocycles. The number of aromatic nitrogens is 3. The van der Waals surface area contributed by atoms with Crippen molar-refractivity contribution in [2.24, 2.45) is 0 Å². The summed E-state index contributed by atoms with van der Waals surface area (Å²) in [6.07, 6.45) is 2.30. The summed E-state index contributed by atoms with van der Waals surface area (Å²) in [4.78, 5) is 27.9. The Hall–Kier alpha value is -3.48. The van der Waals surface area contributed by atoms with E-state index in [-0.39, 0.29) is 18.0 Å². The second-order valence-electron chi connectivity index (χ2n) is 6.11. The summed E-state index contributed by atoms with van der Waals surface area (Å²) < 4.78 is 1.88. The molecule has 7 nitrogen and oxygen atoms in total. The lowest BCUT2D eigenvalue weighted by molar-refractivity contribution is -0.121. The number of nitrogens with one attached hydrogen (secondary N) is 2. The van der Waals surface area contributed by atoms with Crippen molar-refractivity contribution in [3.63, 3.8) is 0 Å². The third-order valence-corrected chi connectivity index (χ3v) is 4.26. The normalized spacial score (nSPS) is 10.4. The fourth-order valence-electron chi connectivity index (χ4n) is 2.85. The van der Waals surface area contributed by atoms with Gasteiger partial charge in [-0.3, -0.25) is 25.4 Å². The van der Waals surface area contributed by atoms with Gasteiger partial charge in [-0.1, -0.05) is 24.3 Å². The van der Waals surface area contributed by atoms with Crippen LogP contribution in [0.3, 0.4) is 0 Å². The average molecular weight is 363 g/mol. The predicted molar refractivity (Wildman–Crippen MR) is 101 cm³/mol. The van der Waals surface area contributed by atoms with E-state index in [2.05, 4.69) is 20.9 Å². The van der Waals surface area contributed by atoms with E-state index in [9.17, 15) is 9.59 Å². The second kappa shape index (κ2) is 8.27. The number of para-hydroxylation sites is 1. The molecule has 3 rings (SSSR count). The van der Waals surface area contributed by atoms with E-state index in [4.69, 9.17) is 0 Å². The zero-order valence-electron chi connectivity index (χ0n) is 15.3. The van der Waals surface area contributed by atoms with Gasteiger partial charge in [0, 0.05) is 18.3 Å². The first-order valence-electron chi connectivity index (χ1n) is 8.67. The molecule has 0 spiro atoms. The molecule has 0 unspecified atom stereocenters. The second-order valence-corrected chi connectivity index (χ2v) is 6.11. The van der Waals surface area contributed by atoms with Crippen LogP contribution in [0.15, 0.2) is 54.7 Å². The lowest BCUT2D eigenvalue weighted by atomic mass is 10.1. The molecule has 0 aliphatic rings. The number of nitrogens with zero attached hydrogens (tertiary/aromatic N) is 3. The highest BCUT2D eigenvalue weighted by atomic mass is 16.2. The number of hydrogen-bond donors (Lipinski definition) is 2. The van der Waals surface area contributed by atoms with Crippen molar-refractivity contribution in [2.75, 3.05) is 0 Å². The number of carbonyl (C=O) groups is 2. The number of aryl methyl sites for hydroxylation is 1. The lowest BCUT2D eigenvalue weighted by Gasteiger charge is -2.07. The van der Waals surface area contributed by atoms with E-state index >= 15 is 0 Å². The standard InChI is InChI=1S/C20H21N5O2/c1-14-17(15(2)25(24-14)16-8-4-3-5-9-16)11-12-19(26)22-23-20(27)18-10-6-7-13-21-18/h3-10,13H,11-12H2,1-2H3,(H,22,26)(H,23,27). The Morgan fingerprint density at radius 2 is 1.74 bits per heavy atom. The maximum Gasteiger partial charge on any atom is 0.288 e. The molecule has 2 amide bonds. The summed E-state index contributed by atoms with van der Waals surface area (Å²) in [6.45, 7) is 3.92. The Kier molecular flexibility index (Phi) is 5.61. The summed E-state index contributed by atoms with van der Waals surface area (Å²) in [5.41, 5.74) is 8.95. The smallest absolute Gasteiger partial charge is 0.273 e. The molecule has 0 radical (unpaired) electrons. The summed E-state index contributed by atoms with van der Waals surface area (Å²) >= 11 is 0. The molecule has 0 bridgehead atoms. The van der Waals surface area contributed by atoms with E-state index in [1.807, 2.05) is 48.9 Å². The minimum atomic E-state index is -0.451. The Balaban J connectivity index is 1.58. The number of hydrogen-bond acceptors (Lipinski definition) is 4. The molecule has 138 valence electrons. The van der Waals surface area contributed by atoms with Gasteiger partial charge >= 0.3 is 0 Å². The molecule has 0 aliphatic heterocycles. The van der Waals surface area contributed by atoms with Gasteiger partial charge in [-0.05, 0) is 50.1 Å². The van der Waals surface area contributed by atoms with Crippen molar-refractivity contribution in [1.82, 2.24) is 25.6 Å². The van der Waals surface area contributed by atoms with Gasteiger partial charge in [-0.2, -0.15) is 5.10 Å². The minimum absolute atomic E-state index is 0.241. The van der Waals surface area contributed by atoms with E-state index in [0.717, 1.165) is 22.6 Å². The minimum Gasteiger partial charge on any atom is -0.273 e. The first-order valence-corrected chi connectivity index (χ1v) is 8.67. The summed E-state index contributed by atoms with van der Waals surface area (Å²) in [7, 11) is 0. The van der Waals surface area contributed by atoms with Crippen LogP contribution < -0.4 is 10.9 Å². The molecule has 0 saturated carbocycles. The molecule has 0 aliphatic carbocycles. The highest BCUT2D eigenvalue weighted by molar-refractivity contribution is 5.93. The van der Waals surface area contributed by atoms with Gasteiger partial charge in [0.2, 0.25) is 5.91 Å². The molecule has 0 saturated heterocycles. The zero-order chi connectivity index (χ0) is 19.2. The van der Waals surface area contributed by atoms with Crippen molar-refractivity contribution in [2.45, 2.75) is 26.7 Å². The zero-order valence-corrected chi connectivity index (χ0v) is 15.3. The molecule has 2 aromatic heterocycles. The maximum atomic E-state index is 12.1. The summed E-state index contributed by atoms with van der Waals surface area (Å²) in [5.74, 6) is -0.723. The van der Waals surface area contributed by atoms with Gasteiger partial charge in [-0.15, -0.1) is 0 Å². The maximum absolute atomic E-state index is 12.1. The monoisotopic (exact) mass is 363 g/mol. The van der Waals surface area contributed by atoms with Crippen LogP contribution in [0.5, 0.6) is 0 Å². The van der Waals surface area contributed by atoms with Crippen molar-refractivity contribution in [1.29, 1.82) is 0 Å². The van der Waals surface area contributed by atoms with Gasteiger partial charge in [0.05, 0.1) is 11.4 Å². The lowest BCUT2D eigenvalue weighted by Crippen LogP contribution is -2.42. The first kappa shape index (κ1) is 18.3. The number of pyridine rings is 1. The van der Waals surface area contributed by atoms with Gasteiger partial charge in [0.1, 0.15) is 5.69 Å². The number of hydrazine groups is 1. The number of rotatable bonds is 5. The molecule has 7 heteroatoms. The summed E-state index contributed by atoms with van der Waals surface area (Å²) in [5, 5.41) is 4.58. The van der Waals surface area contributed by atoms with Gasteiger partial charge in [0.15, 0.2) is 0 Å². The molecule has 0 atom stereocenters. The fourth-order valence-corrected chi connectivity index (χ4v) is 2.85. The van der Waals surface area contributed by atoms with Gasteiger partial charge < -0.3 is 0 Å². The fraction of sp³-hybridized carbons (Fsp3) is 0.200. The quantitative estimate of drug-likeness (QED) is 0.681. The molecule has 3 aromatic rings. The SMILES string of the molecule is Cc1nn(-c2ccccc2)c(C)c1CCC(=O)NNC(=O)c1ccccn1. The number of amides is 2. The van der Waals surface area contributed by atoms with Crippen LogP contribution in [-0.4, -0.2) is 26.6 Å². The van der Waals surface area contributed by atoms with Crippen LogP contribution in [0.25, 0.3) is 5.69 Å². The van der Waals surface area contributed by atoms with Crippen molar-refractivity contribution in [3.8, 4) is 5.69 Å². The topological polar surface area (TPSA) is 88.9 Å². The highest BCUT2D eigenvalue weighted by Crippen LogP contribution is 2.19. The van der Waals surface area contributed by atoms with Crippen LogP contribution in [-0.2, 0) is 11.2 Å². The average Bonchev–Trinajstić information content (AvgIpc) is 2.99. The third kappa shape index (κ3) is 4.38. The molecule has 27 heavy (non-hydrogen) atoms. The van der Waals surface area contributed by atoms with Gasteiger partial charge in [0.25, 0.3) is 5.91 Å². The van der Waals surface area contributed by atoms with Crippen molar-refractivity contribution in [3.05, 3.63) is 77.4 Å². The van der Waals surface area contributed by atoms with Crippen molar-refractivity contribution >= 4 is 11.8 Å². The first-order chi connectivity index (χ1) is 13.1. The Labute approximate surface area is 157 Å². The van der Waals surface area contributed by atoms with Crippen LogP contribution in [0, 0.1) is 13.8 Å². The number of carbonyl (C=O) groups excluding carboxylic acids is 2. The number of benzene rings is 1. The summed E-state index contributed by atoms with van der Waals surface area (Å²) in [6, 6.07) is 14.9. The van der Waals surface area contributed by atoms with E-state index in [0.29, 0.717) is 6.42 Å². The van der Waals surface area contributed by atoms with E-state index < -0.39 is 5.91 Å². The van der Waals surface area contributed by atoms with Crippen molar-refractivity contribution < 1.29 is 9.59 Å². The predicted octanol–water partition coefficient (Wildman–Crippen LogP) is 2.28. The van der Waals surface area contributed by atoms with E-state index in [1.165, 1.54) is 6.20 Å². The van der Waals surface area contributed by atoms with E-state index in [1.54, 1.807) is 18.2 Å². The molecule has 0 fully saturated rings. The largest absolute Gasteiger partial charge is 0.288 e. The highest BCUT2D eigenvalue weighted by Gasteiger charge is 2.14. The van der Waals surface area contributed by atoms with Crippen LogP contribution in [0.2, 0.25) is 0 Å². The molecular weight excluding hydrogens is 342 g/mol. The third-order valence-electron chi connectivity index (χ3n) is 4.26. The van der Waals surface area contributed by atoms with Crippen LogP contribution in [0.1, 0.15) is 33.9 Å². The molecule has 2 N–H and O–H groups in total. The van der Waals surface area contributed by atoms with Crippen LogP contribution >= 0.6 is 0 Å². The van der Waals surface area contributed by atoms with Gasteiger partial charge in [-0.25, -0.2) is 4.68 Å². The Bertz CT molecular complexity index is 936. The molecule has 2 heterocycles. The molecular formula is C20H21N5O2. The Morgan fingerprint density at radius 3 is 2.44 bits per heavy atom.